The van der Waals surface area contributed by atoms with Crippen molar-refractivity contribution < 1.29 is 14.0 Å². The minimum Gasteiger partial charge on any atom is -0.268 e. The Morgan fingerprint density at radius 3 is 1.69 bits per heavy atom. The number of amides is 2. The van der Waals surface area contributed by atoms with Crippen molar-refractivity contribution in [2.24, 2.45) is 0 Å². The van der Waals surface area contributed by atoms with E-state index >= 15 is 0 Å². The molecule has 0 aromatic heterocycles. The molecule has 4 aromatic rings. The molecule has 0 radical (unpaired) electrons. The van der Waals surface area contributed by atoms with Crippen LogP contribution in [0.15, 0.2) is 115 Å². The highest BCUT2D eigenvalue weighted by Gasteiger charge is 2.41. The Morgan fingerprint density at radius 1 is 0.667 bits per heavy atom. The monoisotopic (exact) mass is 492 g/mol. The van der Waals surface area contributed by atoms with E-state index in [1.165, 1.54) is 15.9 Å². The van der Waals surface area contributed by atoms with Gasteiger partial charge in [0.2, 0.25) is 0 Å². The topological polar surface area (TPSA) is 40.6 Å². The minimum absolute atomic E-state index is 0.00170. The third-order valence-corrected chi connectivity index (χ3v) is 6.29. The summed E-state index contributed by atoms with van der Waals surface area (Å²) in [4.78, 5) is 29.9. The van der Waals surface area contributed by atoms with Gasteiger partial charge in [0.05, 0.1) is 11.4 Å². The third-order valence-electron chi connectivity index (χ3n) is 5.92. The summed E-state index contributed by atoms with van der Waals surface area (Å²) in [6, 6.07) is 32.1. The summed E-state index contributed by atoms with van der Waals surface area (Å²) < 4.78 is 14.0. The first-order valence-electron chi connectivity index (χ1n) is 11.4. The maximum absolute atomic E-state index is 14.0. The molecule has 1 saturated heterocycles. The highest BCUT2D eigenvalue weighted by Crippen LogP contribution is 2.29. The van der Waals surface area contributed by atoms with Crippen molar-refractivity contribution in [3.8, 4) is 0 Å². The van der Waals surface area contributed by atoms with Crippen LogP contribution in [0.25, 0.3) is 6.08 Å². The summed E-state index contributed by atoms with van der Waals surface area (Å²) in [6.07, 6.45) is 2.02. The van der Waals surface area contributed by atoms with Crippen LogP contribution in [0.2, 0.25) is 0 Å². The summed E-state index contributed by atoms with van der Waals surface area (Å²) >= 11 is 5.63. The van der Waals surface area contributed by atoms with Crippen LogP contribution in [0.1, 0.15) is 16.7 Å². The van der Waals surface area contributed by atoms with Crippen LogP contribution < -0.4 is 9.80 Å². The number of para-hydroxylation sites is 2. The number of thiocarbonyl (C=S) groups is 1. The molecule has 2 amide bonds. The molecule has 36 heavy (non-hydrogen) atoms. The second kappa shape index (κ2) is 10.1. The first kappa shape index (κ1) is 23.3. The van der Waals surface area contributed by atoms with Gasteiger partial charge in [-0.3, -0.25) is 19.4 Å². The lowest BCUT2D eigenvalue weighted by molar-refractivity contribution is -0.120. The molecule has 1 heterocycles. The highest BCUT2D eigenvalue weighted by molar-refractivity contribution is 7.81. The largest absolute Gasteiger partial charge is 0.270 e. The van der Waals surface area contributed by atoms with Crippen LogP contribution >= 0.6 is 12.2 Å². The quantitative estimate of drug-likeness (QED) is 0.190. The van der Waals surface area contributed by atoms with Gasteiger partial charge in [-0.15, -0.1) is 0 Å². The van der Waals surface area contributed by atoms with Crippen LogP contribution in [-0.2, 0) is 16.0 Å². The van der Waals surface area contributed by atoms with Crippen molar-refractivity contribution in [2.75, 3.05) is 9.80 Å². The number of hydrogen-bond donors (Lipinski definition) is 0. The SMILES string of the molecule is O=C1C(=Cc2ccc(Cc3ccccc3F)cc2)C(=O)N(c2ccccc2)C(=S)N1c1ccccc1. The molecule has 0 saturated carbocycles. The van der Waals surface area contributed by atoms with Crippen LogP contribution in [0.3, 0.4) is 0 Å². The zero-order valence-corrected chi connectivity index (χ0v) is 20.0. The predicted molar refractivity (Wildman–Crippen MR) is 144 cm³/mol. The Morgan fingerprint density at radius 2 is 1.17 bits per heavy atom. The Balaban J connectivity index is 1.51. The summed E-state index contributed by atoms with van der Waals surface area (Å²) in [6.45, 7) is 0. The molecule has 0 bridgehead atoms. The molecule has 6 heteroatoms. The standard InChI is InChI=1S/C30H21FN2O2S/c31-27-14-8-7-9-23(27)19-21-15-17-22(18-16-21)20-26-28(34)32(24-10-3-1-4-11-24)30(36)33(29(26)35)25-12-5-2-6-13-25/h1-18,20H,19H2. The third kappa shape index (κ3) is 4.59. The highest BCUT2D eigenvalue weighted by atomic mass is 32.1. The van der Waals surface area contributed by atoms with Gasteiger partial charge in [0.25, 0.3) is 11.8 Å². The molecule has 5 rings (SSSR count). The zero-order chi connectivity index (χ0) is 25.1. The number of hydrogen-bond acceptors (Lipinski definition) is 3. The molecule has 0 spiro atoms. The average molecular weight is 493 g/mol. The normalized spacial score (nSPS) is 13.8. The molecule has 1 aliphatic rings. The summed E-state index contributed by atoms with van der Waals surface area (Å²) in [5.74, 6) is -1.22. The fourth-order valence-electron chi connectivity index (χ4n) is 4.10. The van der Waals surface area contributed by atoms with Gasteiger partial charge in [-0.1, -0.05) is 78.9 Å². The second-order valence-corrected chi connectivity index (χ2v) is 8.67. The van der Waals surface area contributed by atoms with Crippen molar-refractivity contribution >= 4 is 46.6 Å². The molecule has 4 aromatic carbocycles. The van der Waals surface area contributed by atoms with Gasteiger partial charge in [-0.2, -0.15) is 0 Å². The molecule has 1 aliphatic heterocycles. The Hall–Kier alpha value is -4.42. The van der Waals surface area contributed by atoms with Crippen molar-refractivity contribution in [1.29, 1.82) is 0 Å². The second-order valence-electron chi connectivity index (χ2n) is 8.30. The van der Waals surface area contributed by atoms with Crippen molar-refractivity contribution in [1.82, 2.24) is 0 Å². The number of halogens is 1. The Bertz CT molecular complexity index is 1400. The van der Waals surface area contributed by atoms with Crippen molar-refractivity contribution in [2.45, 2.75) is 6.42 Å². The van der Waals surface area contributed by atoms with Gasteiger partial charge in [0.15, 0.2) is 5.11 Å². The predicted octanol–water partition coefficient (Wildman–Crippen LogP) is 6.16. The molecule has 0 atom stereocenters. The fourth-order valence-corrected chi connectivity index (χ4v) is 4.48. The van der Waals surface area contributed by atoms with Gasteiger partial charge in [0, 0.05) is 6.42 Å². The Kier molecular flexibility index (Phi) is 6.52. The first-order valence-corrected chi connectivity index (χ1v) is 11.8. The maximum atomic E-state index is 14.0. The number of carbonyl (C=O) groups excluding carboxylic acids is 2. The first-order chi connectivity index (χ1) is 17.5. The van der Waals surface area contributed by atoms with Gasteiger partial charge in [0.1, 0.15) is 11.4 Å². The minimum atomic E-state index is -0.487. The lowest BCUT2D eigenvalue weighted by atomic mass is 10.0. The van der Waals surface area contributed by atoms with E-state index in [2.05, 4.69) is 0 Å². The van der Waals surface area contributed by atoms with Gasteiger partial charge in [-0.05, 0) is 65.3 Å². The summed E-state index contributed by atoms with van der Waals surface area (Å²) in [7, 11) is 0. The van der Waals surface area contributed by atoms with Gasteiger partial charge in [-0.25, -0.2) is 4.39 Å². The number of carbonyl (C=O) groups is 2. The Labute approximate surface area is 213 Å². The van der Waals surface area contributed by atoms with Gasteiger partial charge < -0.3 is 0 Å². The summed E-state index contributed by atoms with van der Waals surface area (Å²) in [5.41, 5.74) is 3.35. The molecule has 0 aliphatic carbocycles. The summed E-state index contributed by atoms with van der Waals surface area (Å²) in [5, 5.41) is 0.0970. The molecular weight excluding hydrogens is 471 g/mol. The molecule has 0 unspecified atom stereocenters. The van der Waals surface area contributed by atoms with E-state index in [9.17, 15) is 14.0 Å². The zero-order valence-electron chi connectivity index (χ0n) is 19.2. The van der Waals surface area contributed by atoms with E-state index in [-0.39, 0.29) is 16.5 Å². The number of benzene rings is 4. The van der Waals surface area contributed by atoms with E-state index in [0.29, 0.717) is 28.9 Å². The average Bonchev–Trinajstić information content (AvgIpc) is 2.90. The molecular formula is C30H21FN2O2S. The molecule has 1 fully saturated rings. The van der Waals surface area contributed by atoms with E-state index in [1.807, 2.05) is 60.7 Å². The number of rotatable bonds is 5. The van der Waals surface area contributed by atoms with Crippen LogP contribution in [0, 0.1) is 5.82 Å². The van der Waals surface area contributed by atoms with Crippen LogP contribution in [0.5, 0.6) is 0 Å². The lowest BCUT2D eigenvalue weighted by Gasteiger charge is -2.36. The van der Waals surface area contributed by atoms with E-state index in [4.69, 9.17) is 12.2 Å². The maximum Gasteiger partial charge on any atom is 0.270 e. The fraction of sp³-hybridized carbons (Fsp3) is 0.0333. The van der Waals surface area contributed by atoms with E-state index in [0.717, 1.165) is 5.56 Å². The van der Waals surface area contributed by atoms with Crippen molar-refractivity contribution in [3.05, 3.63) is 137 Å². The number of anilines is 2. The van der Waals surface area contributed by atoms with Crippen molar-refractivity contribution in [3.63, 3.8) is 0 Å². The molecule has 176 valence electrons. The van der Waals surface area contributed by atoms with E-state index < -0.39 is 11.8 Å². The molecule has 4 nitrogen and oxygen atoms in total. The van der Waals surface area contributed by atoms with Crippen LogP contribution in [-0.4, -0.2) is 16.9 Å². The van der Waals surface area contributed by atoms with E-state index in [1.54, 1.807) is 48.5 Å². The number of nitrogens with zero attached hydrogens (tertiary/aromatic N) is 2. The van der Waals surface area contributed by atoms with Gasteiger partial charge >= 0.3 is 0 Å². The molecule has 0 N–H and O–H groups in total. The van der Waals surface area contributed by atoms with Crippen LogP contribution in [0.4, 0.5) is 15.8 Å². The lowest BCUT2D eigenvalue weighted by Crippen LogP contribution is -2.56. The smallest absolute Gasteiger partial charge is 0.268 e.